The summed E-state index contributed by atoms with van der Waals surface area (Å²) in [6.45, 7) is 4.30. The number of hydrogen-bond donors (Lipinski definition) is 2. The summed E-state index contributed by atoms with van der Waals surface area (Å²) in [6.07, 6.45) is 3.23. The van der Waals surface area contributed by atoms with Gasteiger partial charge in [-0.15, -0.1) is 0 Å². The van der Waals surface area contributed by atoms with Crippen LogP contribution in [-0.4, -0.2) is 26.3 Å². The Morgan fingerprint density at radius 2 is 2.11 bits per heavy atom. The fourth-order valence-corrected chi connectivity index (χ4v) is 2.82. The van der Waals surface area contributed by atoms with E-state index in [0.717, 1.165) is 12.0 Å². The van der Waals surface area contributed by atoms with Gasteiger partial charge in [-0.2, -0.15) is 0 Å². The quantitative estimate of drug-likeness (QED) is 0.805. The summed E-state index contributed by atoms with van der Waals surface area (Å²) >= 11 is 0. The molecule has 19 heavy (non-hydrogen) atoms. The summed E-state index contributed by atoms with van der Waals surface area (Å²) in [5, 5.41) is 2.82. The highest BCUT2D eigenvalue weighted by molar-refractivity contribution is 7.93. The molecule has 1 unspecified atom stereocenters. The predicted octanol–water partition coefficient (Wildman–Crippen LogP) is 2.13. The molecule has 1 fully saturated rings. The summed E-state index contributed by atoms with van der Waals surface area (Å²) in [7, 11) is -3.32. The van der Waals surface area contributed by atoms with Gasteiger partial charge in [-0.3, -0.25) is 4.72 Å². The third-order valence-electron chi connectivity index (χ3n) is 3.40. The van der Waals surface area contributed by atoms with Crippen LogP contribution in [0.1, 0.15) is 32.3 Å². The van der Waals surface area contributed by atoms with E-state index in [4.69, 9.17) is 0 Å². The van der Waals surface area contributed by atoms with Gasteiger partial charge < -0.3 is 5.32 Å². The second kappa shape index (κ2) is 5.92. The van der Waals surface area contributed by atoms with Gasteiger partial charge in [0.2, 0.25) is 10.0 Å². The van der Waals surface area contributed by atoms with Crippen LogP contribution in [0.5, 0.6) is 0 Å². The van der Waals surface area contributed by atoms with Gasteiger partial charge in [-0.25, -0.2) is 8.42 Å². The molecule has 0 aliphatic heterocycles. The minimum atomic E-state index is -3.32. The zero-order valence-electron chi connectivity index (χ0n) is 11.5. The maximum absolute atomic E-state index is 12.2. The van der Waals surface area contributed by atoms with Crippen LogP contribution in [-0.2, 0) is 16.4 Å². The first kappa shape index (κ1) is 14.3. The molecular weight excluding hydrogens is 260 g/mol. The van der Waals surface area contributed by atoms with Crippen LogP contribution in [0.25, 0.3) is 0 Å². The lowest BCUT2D eigenvalue weighted by molar-refractivity contribution is 0.576. The monoisotopic (exact) mass is 282 g/mol. The molecule has 2 N–H and O–H groups in total. The third-order valence-corrected chi connectivity index (χ3v) is 5.14. The molecule has 4 nitrogen and oxygen atoms in total. The zero-order chi connectivity index (χ0) is 13.9. The van der Waals surface area contributed by atoms with Gasteiger partial charge in [-0.05, 0) is 43.9 Å². The first-order valence-electron chi connectivity index (χ1n) is 6.85. The smallest absolute Gasteiger partial charge is 0.236 e. The van der Waals surface area contributed by atoms with Crippen molar-refractivity contribution < 1.29 is 8.42 Å². The molecule has 5 heteroatoms. The van der Waals surface area contributed by atoms with E-state index in [-0.39, 0.29) is 0 Å². The lowest BCUT2D eigenvalue weighted by Crippen LogP contribution is -2.35. The Kier molecular flexibility index (Phi) is 4.47. The standard InChI is InChI=1S/C14H22N2O2S/c1-3-12-5-4-6-14(9-12)16-19(17,18)11(2)10-15-13-7-8-13/h4-6,9,11,13,15-16H,3,7-8,10H2,1-2H3. The summed E-state index contributed by atoms with van der Waals surface area (Å²) in [4.78, 5) is 0. The van der Waals surface area contributed by atoms with E-state index >= 15 is 0 Å². The van der Waals surface area contributed by atoms with Crippen molar-refractivity contribution >= 4 is 15.7 Å². The van der Waals surface area contributed by atoms with Crippen LogP contribution in [0.4, 0.5) is 5.69 Å². The van der Waals surface area contributed by atoms with Crippen molar-refractivity contribution in [3.8, 4) is 0 Å². The van der Waals surface area contributed by atoms with Crippen molar-refractivity contribution in [2.75, 3.05) is 11.3 Å². The number of anilines is 1. The normalized spacial score (nSPS) is 17.2. The van der Waals surface area contributed by atoms with E-state index < -0.39 is 15.3 Å². The van der Waals surface area contributed by atoms with E-state index in [1.807, 2.05) is 18.2 Å². The molecule has 0 bridgehead atoms. The van der Waals surface area contributed by atoms with Crippen LogP contribution >= 0.6 is 0 Å². The highest BCUT2D eigenvalue weighted by Crippen LogP contribution is 2.19. The molecule has 1 atom stereocenters. The van der Waals surface area contributed by atoms with Crippen molar-refractivity contribution in [1.82, 2.24) is 5.32 Å². The maximum atomic E-state index is 12.2. The molecule has 1 saturated carbocycles. The lowest BCUT2D eigenvalue weighted by atomic mass is 10.1. The fraction of sp³-hybridized carbons (Fsp3) is 0.571. The number of hydrogen-bond acceptors (Lipinski definition) is 3. The largest absolute Gasteiger partial charge is 0.313 e. The average molecular weight is 282 g/mol. The number of sulfonamides is 1. The minimum absolute atomic E-state index is 0.432. The Morgan fingerprint density at radius 1 is 1.37 bits per heavy atom. The molecule has 2 rings (SSSR count). The van der Waals surface area contributed by atoms with Gasteiger partial charge in [0, 0.05) is 18.3 Å². The van der Waals surface area contributed by atoms with E-state index in [2.05, 4.69) is 17.0 Å². The van der Waals surface area contributed by atoms with Gasteiger partial charge in [0.25, 0.3) is 0 Å². The zero-order valence-corrected chi connectivity index (χ0v) is 12.3. The van der Waals surface area contributed by atoms with Crippen molar-refractivity contribution in [3.05, 3.63) is 29.8 Å². The fourth-order valence-electron chi connectivity index (χ4n) is 1.85. The number of nitrogens with one attached hydrogen (secondary N) is 2. The summed E-state index contributed by atoms with van der Waals surface area (Å²) < 4.78 is 27.0. The molecular formula is C14H22N2O2S. The molecule has 1 aromatic rings. The molecule has 0 radical (unpaired) electrons. The van der Waals surface area contributed by atoms with E-state index in [0.29, 0.717) is 18.3 Å². The SMILES string of the molecule is CCc1cccc(NS(=O)(=O)C(C)CNC2CC2)c1. The van der Waals surface area contributed by atoms with E-state index in [1.165, 1.54) is 12.8 Å². The predicted molar refractivity (Wildman–Crippen MR) is 78.8 cm³/mol. The maximum Gasteiger partial charge on any atom is 0.236 e. The first-order valence-corrected chi connectivity index (χ1v) is 8.40. The second-order valence-electron chi connectivity index (χ2n) is 5.19. The van der Waals surface area contributed by atoms with Gasteiger partial charge in [0.05, 0.1) is 5.25 Å². The van der Waals surface area contributed by atoms with Gasteiger partial charge >= 0.3 is 0 Å². The molecule has 1 aromatic carbocycles. The Balaban J connectivity index is 1.97. The highest BCUT2D eigenvalue weighted by Gasteiger charge is 2.25. The van der Waals surface area contributed by atoms with Crippen molar-refractivity contribution in [1.29, 1.82) is 0 Å². The van der Waals surface area contributed by atoms with Crippen LogP contribution in [0.3, 0.4) is 0 Å². The molecule has 0 amide bonds. The molecule has 0 heterocycles. The molecule has 106 valence electrons. The molecule has 0 saturated heterocycles. The second-order valence-corrected chi connectivity index (χ2v) is 7.29. The Labute approximate surface area is 115 Å². The Morgan fingerprint density at radius 3 is 2.74 bits per heavy atom. The van der Waals surface area contributed by atoms with Crippen LogP contribution in [0.2, 0.25) is 0 Å². The average Bonchev–Trinajstić information content (AvgIpc) is 3.19. The van der Waals surface area contributed by atoms with Crippen LogP contribution in [0.15, 0.2) is 24.3 Å². The Bertz CT molecular complexity index is 524. The first-order chi connectivity index (χ1) is 9.01. The van der Waals surface area contributed by atoms with Gasteiger partial charge in [0.15, 0.2) is 0 Å². The molecule has 0 spiro atoms. The van der Waals surface area contributed by atoms with Gasteiger partial charge in [-0.1, -0.05) is 19.1 Å². The number of rotatable bonds is 7. The summed E-state index contributed by atoms with van der Waals surface area (Å²) in [6, 6.07) is 8.08. The van der Waals surface area contributed by atoms with E-state index in [9.17, 15) is 8.42 Å². The minimum Gasteiger partial charge on any atom is -0.313 e. The summed E-state index contributed by atoms with van der Waals surface area (Å²) in [5.41, 5.74) is 1.78. The van der Waals surface area contributed by atoms with E-state index in [1.54, 1.807) is 13.0 Å². The van der Waals surface area contributed by atoms with Crippen molar-refractivity contribution in [3.63, 3.8) is 0 Å². The topological polar surface area (TPSA) is 58.2 Å². The lowest BCUT2D eigenvalue weighted by Gasteiger charge is -2.15. The van der Waals surface area contributed by atoms with Gasteiger partial charge in [0.1, 0.15) is 0 Å². The number of aryl methyl sites for hydroxylation is 1. The third kappa shape index (κ3) is 4.21. The van der Waals surface area contributed by atoms with Crippen LogP contribution < -0.4 is 10.0 Å². The van der Waals surface area contributed by atoms with Crippen LogP contribution in [0, 0.1) is 0 Å². The van der Waals surface area contributed by atoms with Crippen molar-refractivity contribution in [2.45, 2.75) is 44.4 Å². The number of benzene rings is 1. The van der Waals surface area contributed by atoms with Crippen molar-refractivity contribution in [2.24, 2.45) is 0 Å². The Hall–Kier alpha value is -1.07. The molecule has 1 aliphatic rings. The molecule has 1 aliphatic carbocycles. The molecule has 0 aromatic heterocycles. The summed E-state index contributed by atoms with van der Waals surface area (Å²) in [5.74, 6) is 0. The highest BCUT2D eigenvalue weighted by atomic mass is 32.2.